The molecule has 1 fully saturated rings. The molecular formula is C9H16N4O. The summed E-state index contributed by atoms with van der Waals surface area (Å²) < 4.78 is 1.92. The molecule has 1 heterocycles. The number of hydrogen-bond donors (Lipinski definition) is 1. The standard InChI is InChI=1S/C9H16N4O/c1-12-7-10-11-9(12)6-13(4-5-14)8-2-3-8/h7-8,14H,2-6H2,1H3. The minimum Gasteiger partial charge on any atom is -0.395 e. The monoisotopic (exact) mass is 196 g/mol. The van der Waals surface area contributed by atoms with Crippen molar-refractivity contribution in [2.24, 2.45) is 7.05 Å². The number of aromatic nitrogens is 3. The zero-order valence-corrected chi connectivity index (χ0v) is 8.43. The minimum absolute atomic E-state index is 0.217. The smallest absolute Gasteiger partial charge is 0.146 e. The van der Waals surface area contributed by atoms with E-state index in [0.29, 0.717) is 6.04 Å². The topological polar surface area (TPSA) is 54.2 Å². The lowest BCUT2D eigenvalue weighted by Crippen LogP contribution is -2.29. The van der Waals surface area contributed by atoms with E-state index < -0.39 is 0 Å². The first kappa shape index (κ1) is 9.61. The van der Waals surface area contributed by atoms with E-state index in [1.54, 1.807) is 6.33 Å². The summed E-state index contributed by atoms with van der Waals surface area (Å²) in [6.45, 7) is 1.74. The third-order valence-electron chi connectivity index (χ3n) is 2.60. The molecule has 0 radical (unpaired) electrons. The molecule has 1 aromatic heterocycles. The van der Waals surface area contributed by atoms with Gasteiger partial charge in [-0.3, -0.25) is 4.90 Å². The summed E-state index contributed by atoms with van der Waals surface area (Å²) in [5.41, 5.74) is 0. The van der Waals surface area contributed by atoms with Crippen LogP contribution in [0.25, 0.3) is 0 Å². The lowest BCUT2D eigenvalue weighted by Gasteiger charge is -2.19. The molecule has 0 bridgehead atoms. The maximum Gasteiger partial charge on any atom is 0.146 e. The van der Waals surface area contributed by atoms with Crippen molar-refractivity contribution in [1.29, 1.82) is 0 Å². The Balaban J connectivity index is 1.96. The van der Waals surface area contributed by atoms with Crippen LogP contribution in [0.15, 0.2) is 6.33 Å². The molecule has 0 aliphatic heterocycles. The van der Waals surface area contributed by atoms with Crippen LogP contribution < -0.4 is 0 Å². The first-order chi connectivity index (χ1) is 6.81. The molecule has 0 saturated heterocycles. The average Bonchev–Trinajstić information content (AvgIpc) is 2.93. The summed E-state index contributed by atoms with van der Waals surface area (Å²) in [4.78, 5) is 2.27. The van der Waals surface area contributed by atoms with Crippen molar-refractivity contribution in [2.75, 3.05) is 13.2 Å². The first-order valence-electron chi connectivity index (χ1n) is 4.99. The summed E-state index contributed by atoms with van der Waals surface area (Å²) in [5, 5.41) is 16.8. The fourth-order valence-corrected chi connectivity index (χ4v) is 1.59. The van der Waals surface area contributed by atoms with E-state index in [1.165, 1.54) is 12.8 Å². The highest BCUT2D eigenvalue weighted by Gasteiger charge is 2.29. The molecule has 1 aliphatic rings. The van der Waals surface area contributed by atoms with Crippen LogP contribution in [-0.4, -0.2) is 44.0 Å². The molecule has 0 unspecified atom stereocenters. The van der Waals surface area contributed by atoms with Gasteiger partial charge in [0.1, 0.15) is 12.2 Å². The molecule has 0 atom stereocenters. The lowest BCUT2D eigenvalue weighted by molar-refractivity contribution is 0.179. The van der Waals surface area contributed by atoms with Crippen LogP contribution in [-0.2, 0) is 13.6 Å². The van der Waals surface area contributed by atoms with Crippen molar-refractivity contribution in [3.05, 3.63) is 12.2 Å². The Kier molecular flexibility index (Phi) is 2.79. The van der Waals surface area contributed by atoms with Crippen molar-refractivity contribution in [3.8, 4) is 0 Å². The normalized spacial score (nSPS) is 16.5. The molecular weight excluding hydrogens is 180 g/mol. The molecule has 0 aromatic carbocycles. The minimum atomic E-state index is 0.217. The predicted octanol–water partition coefficient (Wildman–Crippen LogP) is -0.228. The highest BCUT2D eigenvalue weighted by atomic mass is 16.3. The fraction of sp³-hybridized carbons (Fsp3) is 0.778. The van der Waals surface area contributed by atoms with Crippen LogP contribution in [0.1, 0.15) is 18.7 Å². The Hall–Kier alpha value is -0.940. The molecule has 5 nitrogen and oxygen atoms in total. The van der Waals surface area contributed by atoms with E-state index in [4.69, 9.17) is 5.11 Å². The highest BCUT2D eigenvalue weighted by Crippen LogP contribution is 2.27. The highest BCUT2D eigenvalue weighted by molar-refractivity contribution is 4.90. The molecule has 1 N–H and O–H groups in total. The Morgan fingerprint density at radius 3 is 2.93 bits per heavy atom. The number of rotatable bonds is 5. The summed E-state index contributed by atoms with van der Waals surface area (Å²) in [6.07, 6.45) is 4.20. The maximum absolute atomic E-state index is 8.93. The van der Waals surface area contributed by atoms with Crippen molar-refractivity contribution >= 4 is 0 Å². The van der Waals surface area contributed by atoms with Gasteiger partial charge in [-0.1, -0.05) is 0 Å². The molecule has 1 aliphatic carbocycles. The number of aryl methyl sites for hydroxylation is 1. The van der Waals surface area contributed by atoms with Gasteiger partial charge in [0.05, 0.1) is 13.2 Å². The fourth-order valence-electron chi connectivity index (χ4n) is 1.59. The van der Waals surface area contributed by atoms with Crippen LogP contribution in [0.2, 0.25) is 0 Å². The summed E-state index contributed by atoms with van der Waals surface area (Å²) in [6, 6.07) is 0.652. The summed E-state index contributed by atoms with van der Waals surface area (Å²) in [7, 11) is 1.94. The van der Waals surface area contributed by atoms with Crippen molar-refractivity contribution in [1.82, 2.24) is 19.7 Å². The van der Waals surface area contributed by atoms with Crippen LogP contribution in [0.3, 0.4) is 0 Å². The maximum atomic E-state index is 8.93. The third kappa shape index (κ3) is 2.10. The van der Waals surface area contributed by atoms with E-state index >= 15 is 0 Å². The van der Waals surface area contributed by atoms with E-state index in [9.17, 15) is 0 Å². The largest absolute Gasteiger partial charge is 0.395 e. The average molecular weight is 196 g/mol. The van der Waals surface area contributed by atoms with Gasteiger partial charge in [-0.2, -0.15) is 0 Å². The summed E-state index contributed by atoms with van der Waals surface area (Å²) >= 11 is 0. The van der Waals surface area contributed by atoms with Crippen LogP contribution in [0.5, 0.6) is 0 Å². The molecule has 5 heteroatoms. The quantitative estimate of drug-likeness (QED) is 0.707. The molecule has 0 amide bonds. The van der Waals surface area contributed by atoms with Gasteiger partial charge in [-0.25, -0.2) is 0 Å². The molecule has 78 valence electrons. The third-order valence-corrected chi connectivity index (χ3v) is 2.60. The molecule has 14 heavy (non-hydrogen) atoms. The van der Waals surface area contributed by atoms with Gasteiger partial charge in [0.25, 0.3) is 0 Å². The van der Waals surface area contributed by atoms with Crippen LogP contribution in [0.4, 0.5) is 0 Å². The van der Waals surface area contributed by atoms with Gasteiger partial charge in [0.2, 0.25) is 0 Å². The zero-order valence-electron chi connectivity index (χ0n) is 8.43. The summed E-state index contributed by atoms with van der Waals surface area (Å²) in [5.74, 6) is 0.963. The van der Waals surface area contributed by atoms with Crippen molar-refractivity contribution in [2.45, 2.75) is 25.4 Å². The van der Waals surface area contributed by atoms with Gasteiger partial charge in [-0.15, -0.1) is 10.2 Å². The van der Waals surface area contributed by atoms with Crippen LogP contribution >= 0.6 is 0 Å². The molecule has 1 aromatic rings. The second kappa shape index (κ2) is 4.06. The first-order valence-corrected chi connectivity index (χ1v) is 4.99. The molecule has 0 spiro atoms. The van der Waals surface area contributed by atoms with Crippen LogP contribution in [0, 0.1) is 0 Å². The van der Waals surface area contributed by atoms with E-state index in [2.05, 4.69) is 15.1 Å². The predicted molar refractivity (Wildman–Crippen MR) is 51.5 cm³/mol. The van der Waals surface area contributed by atoms with Crippen molar-refractivity contribution < 1.29 is 5.11 Å². The Morgan fingerprint density at radius 1 is 1.64 bits per heavy atom. The Bertz CT molecular complexity index is 295. The van der Waals surface area contributed by atoms with Gasteiger partial charge in [-0.05, 0) is 12.8 Å². The van der Waals surface area contributed by atoms with Gasteiger partial charge in [0.15, 0.2) is 0 Å². The number of aliphatic hydroxyl groups excluding tert-OH is 1. The number of hydrogen-bond acceptors (Lipinski definition) is 4. The van der Waals surface area contributed by atoms with E-state index in [-0.39, 0.29) is 6.61 Å². The molecule has 2 rings (SSSR count). The second-order valence-electron chi connectivity index (χ2n) is 3.78. The SMILES string of the molecule is Cn1cnnc1CN(CCO)C1CC1. The van der Waals surface area contributed by atoms with Gasteiger partial charge >= 0.3 is 0 Å². The number of nitrogens with zero attached hydrogens (tertiary/aromatic N) is 4. The molecule has 1 saturated carbocycles. The zero-order chi connectivity index (χ0) is 9.97. The van der Waals surface area contributed by atoms with E-state index in [1.807, 2.05) is 11.6 Å². The Morgan fingerprint density at radius 2 is 2.43 bits per heavy atom. The number of aliphatic hydroxyl groups is 1. The lowest BCUT2D eigenvalue weighted by atomic mass is 10.4. The van der Waals surface area contributed by atoms with Crippen molar-refractivity contribution in [3.63, 3.8) is 0 Å². The van der Waals surface area contributed by atoms with Gasteiger partial charge < -0.3 is 9.67 Å². The second-order valence-corrected chi connectivity index (χ2v) is 3.78. The van der Waals surface area contributed by atoms with E-state index in [0.717, 1.165) is 18.9 Å². The van der Waals surface area contributed by atoms with Gasteiger partial charge in [0, 0.05) is 19.6 Å². The Labute approximate surface area is 83.4 Å².